The summed E-state index contributed by atoms with van der Waals surface area (Å²) in [6.07, 6.45) is 76.4. The van der Waals surface area contributed by atoms with Gasteiger partial charge in [-0.1, -0.05) is 260 Å². The molecule has 1 unspecified atom stereocenters. The molecular weight excluding hydrogens is 865 g/mol. The molecule has 0 aliphatic carbocycles. The maximum Gasteiger partial charge on any atom is 0.306 e. The van der Waals surface area contributed by atoms with E-state index in [-0.39, 0.29) is 31.1 Å². The van der Waals surface area contributed by atoms with Crippen LogP contribution in [0.5, 0.6) is 0 Å². The van der Waals surface area contributed by atoms with Crippen LogP contribution < -0.4 is 0 Å². The molecule has 0 spiro atoms. The molecule has 0 N–H and O–H groups in total. The lowest BCUT2D eigenvalue weighted by Gasteiger charge is -2.18. The van der Waals surface area contributed by atoms with E-state index in [1.165, 1.54) is 122 Å². The van der Waals surface area contributed by atoms with Gasteiger partial charge in [-0.05, 0) is 89.9 Å². The van der Waals surface area contributed by atoms with E-state index in [4.69, 9.17) is 14.2 Å². The van der Waals surface area contributed by atoms with Gasteiger partial charge in [-0.25, -0.2) is 0 Å². The molecule has 0 radical (unpaired) electrons. The Hall–Kier alpha value is -3.41. The van der Waals surface area contributed by atoms with Crippen LogP contribution in [0.4, 0.5) is 0 Å². The molecule has 0 saturated heterocycles. The Bertz CT molecular complexity index is 1350. The summed E-state index contributed by atoms with van der Waals surface area (Å²) < 4.78 is 16.7. The number of hydrogen-bond acceptors (Lipinski definition) is 6. The van der Waals surface area contributed by atoms with Gasteiger partial charge in [-0.2, -0.15) is 0 Å². The van der Waals surface area contributed by atoms with Crippen molar-refractivity contribution in [3.8, 4) is 0 Å². The summed E-state index contributed by atoms with van der Waals surface area (Å²) >= 11 is 0. The summed E-state index contributed by atoms with van der Waals surface area (Å²) in [7, 11) is 0. The molecule has 0 aromatic rings. The molecule has 0 heterocycles. The lowest BCUT2D eigenvalue weighted by molar-refractivity contribution is -0.167. The third-order valence-corrected chi connectivity index (χ3v) is 12.6. The second kappa shape index (κ2) is 58.2. The maximum absolute atomic E-state index is 12.7. The van der Waals surface area contributed by atoms with E-state index in [2.05, 4.69) is 106 Å². The molecule has 0 bridgehead atoms. The summed E-state index contributed by atoms with van der Waals surface area (Å²) in [5.74, 6) is -0.902. The van der Waals surface area contributed by atoms with Gasteiger partial charge in [0.2, 0.25) is 0 Å². The minimum Gasteiger partial charge on any atom is -0.462 e. The molecule has 0 amide bonds. The fourth-order valence-electron chi connectivity index (χ4n) is 8.19. The summed E-state index contributed by atoms with van der Waals surface area (Å²) in [5, 5.41) is 0. The molecule has 0 aromatic heterocycles. The van der Waals surface area contributed by atoms with Crippen molar-refractivity contribution in [2.45, 2.75) is 290 Å². The zero-order chi connectivity index (χ0) is 50.7. The smallest absolute Gasteiger partial charge is 0.306 e. The monoisotopic (exact) mass is 975 g/mol. The van der Waals surface area contributed by atoms with Crippen LogP contribution in [0.3, 0.4) is 0 Å². The number of esters is 3. The van der Waals surface area contributed by atoms with Gasteiger partial charge in [0.05, 0.1) is 0 Å². The Labute approximate surface area is 433 Å². The van der Waals surface area contributed by atoms with Crippen LogP contribution in [-0.2, 0) is 28.6 Å². The first kappa shape index (κ1) is 66.6. The molecule has 0 aliphatic rings. The Morgan fingerprint density at radius 3 is 0.914 bits per heavy atom. The Morgan fingerprint density at radius 2 is 0.571 bits per heavy atom. The third-order valence-electron chi connectivity index (χ3n) is 12.6. The van der Waals surface area contributed by atoms with Crippen LogP contribution in [0.25, 0.3) is 0 Å². The highest BCUT2D eigenvalue weighted by atomic mass is 16.6. The normalized spacial score (nSPS) is 12.7. The summed E-state index contributed by atoms with van der Waals surface area (Å²) in [5.41, 5.74) is 0. The van der Waals surface area contributed by atoms with Crippen LogP contribution >= 0.6 is 0 Å². The second-order valence-corrected chi connectivity index (χ2v) is 19.5. The number of allylic oxidation sites excluding steroid dienone is 14. The number of carbonyl (C=O) groups is 3. The molecule has 402 valence electrons. The highest BCUT2D eigenvalue weighted by molar-refractivity contribution is 5.71. The summed E-state index contributed by atoms with van der Waals surface area (Å²) in [6.45, 7) is 6.40. The molecular formula is C64H110O6. The van der Waals surface area contributed by atoms with Gasteiger partial charge < -0.3 is 14.2 Å². The number of hydrogen-bond donors (Lipinski definition) is 0. The Kier molecular flexibility index (Phi) is 55.3. The van der Waals surface area contributed by atoms with Crippen molar-refractivity contribution in [2.24, 2.45) is 0 Å². The number of rotatable bonds is 53. The van der Waals surface area contributed by atoms with Crippen LogP contribution in [0.1, 0.15) is 284 Å². The van der Waals surface area contributed by atoms with Gasteiger partial charge in [0, 0.05) is 19.3 Å². The quantitative estimate of drug-likeness (QED) is 0.0261. The fraction of sp³-hybridized carbons (Fsp3) is 0.734. The summed E-state index contributed by atoms with van der Waals surface area (Å²) in [4.78, 5) is 37.7. The number of ether oxygens (including phenoxy) is 3. The van der Waals surface area contributed by atoms with E-state index < -0.39 is 6.10 Å². The van der Waals surface area contributed by atoms with E-state index in [9.17, 15) is 14.4 Å². The first-order valence-corrected chi connectivity index (χ1v) is 29.6. The van der Waals surface area contributed by atoms with Crippen molar-refractivity contribution in [3.63, 3.8) is 0 Å². The zero-order valence-electron chi connectivity index (χ0n) is 46.0. The van der Waals surface area contributed by atoms with Crippen LogP contribution in [-0.4, -0.2) is 37.2 Å². The lowest BCUT2D eigenvalue weighted by Crippen LogP contribution is -2.30. The molecule has 0 aliphatic heterocycles. The van der Waals surface area contributed by atoms with Crippen LogP contribution in [0.15, 0.2) is 85.1 Å². The molecule has 1 atom stereocenters. The van der Waals surface area contributed by atoms with Crippen molar-refractivity contribution >= 4 is 17.9 Å². The highest BCUT2D eigenvalue weighted by Gasteiger charge is 2.19. The van der Waals surface area contributed by atoms with Gasteiger partial charge >= 0.3 is 17.9 Å². The van der Waals surface area contributed by atoms with Gasteiger partial charge in [-0.15, -0.1) is 0 Å². The van der Waals surface area contributed by atoms with Crippen LogP contribution in [0, 0.1) is 0 Å². The first-order chi connectivity index (χ1) is 34.5. The fourth-order valence-corrected chi connectivity index (χ4v) is 8.19. The SMILES string of the molecule is CC/C=C\C/C=C\C/C=C\C/C=C\C/C=C\CCCCCCCCCCCCCCCCCCCC(=O)OCC(COC(=O)CCCCCCC)OC(=O)CCCCCCC/C=C\C/C=C\CCCC. The lowest BCUT2D eigenvalue weighted by atomic mass is 10.0. The molecule has 6 nitrogen and oxygen atoms in total. The number of unbranched alkanes of at least 4 members (excludes halogenated alkanes) is 28. The third kappa shape index (κ3) is 55.5. The molecule has 0 aromatic carbocycles. The maximum atomic E-state index is 12.7. The largest absolute Gasteiger partial charge is 0.462 e. The van der Waals surface area contributed by atoms with E-state index in [1.54, 1.807) is 0 Å². The van der Waals surface area contributed by atoms with E-state index >= 15 is 0 Å². The van der Waals surface area contributed by atoms with Gasteiger partial charge in [0.15, 0.2) is 6.10 Å². The molecule has 6 heteroatoms. The van der Waals surface area contributed by atoms with E-state index in [0.717, 1.165) is 122 Å². The highest BCUT2D eigenvalue weighted by Crippen LogP contribution is 2.16. The topological polar surface area (TPSA) is 78.9 Å². The zero-order valence-corrected chi connectivity index (χ0v) is 46.0. The van der Waals surface area contributed by atoms with Gasteiger partial charge in [0.1, 0.15) is 13.2 Å². The van der Waals surface area contributed by atoms with Crippen molar-refractivity contribution in [3.05, 3.63) is 85.1 Å². The number of carbonyl (C=O) groups excluding carboxylic acids is 3. The minimum absolute atomic E-state index is 0.0795. The predicted molar refractivity (Wildman–Crippen MR) is 302 cm³/mol. The average Bonchev–Trinajstić information content (AvgIpc) is 3.36. The van der Waals surface area contributed by atoms with Crippen molar-refractivity contribution in [1.82, 2.24) is 0 Å². The first-order valence-electron chi connectivity index (χ1n) is 29.6. The van der Waals surface area contributed by atoms with Crippen LogP contribution in [0.2, 0.25) is 0 Å². The van der Waals surface area contributed by atoms with Gasteiger partial charge in [0.25, 0.3) is 0 Å². The molecule has 70 heavy (non-hydrogen) atoms. The van der Waals surface area contributed by atoms with Crippen molar-refractivity contribution in [1.29, 1.82) is 0 Å². The summed E-state index contributed by atoms with van der Waals surface area (Å²) in [6, 6.07) is 0. The van der Waals surface area contributed by atoms with Crippen molar-refractivity contribution < 1.29 is 28.6 Å². The second-order valence-electron chi connectivity index (χ2n) is 19.5. The van der Waals surface area contributed by atoms with E-state index in [0.29, 0.717) is 19.3 Å². The van der Waals surface area contributed by atoms with E-state index in [1.807, 2.05) is 0 Å². The standard InChI is InChI=1S/C64H110O6/c1-4-7-10-13-15-17-19-21-23-24-25-26-27-28-29-30-31-32-33-34-35-36-37-38-39-40-41-43-44-46-48-51-54-57-63(66)69-60-61(59-68-62(65)56-53-50-12-9-6-3)70-64(67)58-55-52-49-47-45-42-22-20-18-16-14-11-8-5-2/h7,10,14-17,20-23,25-26,28-29,61H,4-6,8-9,11-13,18-19,24,27,30-60H2,1-3H3/b10-7-,16-14-,17-15-,22-20-,23-21-,26-25-,29-28-. The average molecular weight is 976 g/mol. The van der Waals surface area contributed by atoms with Crippen molar-refractivity contribution in [2.75, 3.05) is 13.2 Å². The minimum atomic E-state index is -0.777. The Balaban J connectivity index is 3.94. The Morgan fingerprint density at radius 1 is 0.300 bits per heavy atom. The predicted octanol–water partition coefficient (Wildman–Crippen LogP) is 19.9. The van der Waals surface area contributed by atoms with Gasteiger partial charge in [-0.3, -0.25) is 14.4 Å². The molecule has 0 saturated carbocycles. The molecule has 0 fully saturated rings. The molecule has 0 rings (SSSR count).